The summed E-state index contributed by atoms with van der Waals surface area (Å²) in [6.45, 7) is 1.05. The molecule has 90 valence electrons. The van der Waals surface area contributed by atoms with E-state index in [0.717, 1.165) is 24.4 Å². The van der Waals surface area contributed by atoms with Gasteiger partial charge in [0.1, 0.15) is 0 Å². The molecule has 1 saturated heterocycles. The van der Waals surface area contributed by atoms with Crippen molar-refractivity contribution >= 4 is 16.6 Å². The zero-order chi connectivity index (χ0) is 11.9. The summed E-state index contributed by atoms with van der Waals surface area (Å²) in [6.07, 6.45) is 2.45. The Balaban J connectivity index is 1.78. The fourth-order valence-electron chi connectivity index (χ4n) is 2.80. The number of amidine groups is 1. The predicted molar refractivity (Wildman–Crippen MR) is 71.3 cm³/mol. The van der Waals surface area contributed by atoms with Crippen molar-refractivity contribution in [1.82, 2.24) is 4.90 Å². The Labute approximate surface area is 106 Å². The minimum atomic E-state index is 0.173. The minimum Gasteiger partial charge on any atom is -0.368 e. The van der Waals surface area contributed by atoms with E-state index < -0.39 is 0 Å². The van der Waals surface area contributed by atoms with Crippen LogP contribution >= 0.6 is 0 Å². The highest BCUT2D eigenvalue weighted by atomic mass is 16.7. The molecule has 0 saturated carbocycles. The Bertz CT molecular complexity index is 635. The second-order valence-electron chi connectivity index (χ2n) is 4.87. The van der Waals surface area contributed by atoms with Crippen molar-refractivity contribution in [3.63, 3.8) is 0 Å². The smallest absolute Gasteiger partial charge is 0.201 e. The number of fused-ring (bicyclic) bond motifs is 2. The van der Waals surface area contributed by atoms with Crippen LogP contribution in [0.5, 0.6) is 0 Å². The lowest BCUT2D eigenvalue weighted by atomic mass is 10.1. The summed E-state index contributed by atoms with van der Waals surface area (Å²) >= 11 is 0. The van der Waals surface area contributed by atoms with Gasteiger partial charge in [-0.25, -0.2) is 0 Å². The van der Waals surface area contributed by atoms with Gasteiger partial charge in [-0.2, -0.15) is 0 Å². The van der Waals surface area contributed by atoms with E-state index in [9.17, 15) is 0 Å². The standard InChI is InChI=1S/C15H14N2O/c1-2-5-12-10-13(8-7-11(12)4-1)15-16-18-14-6-3-9-17(14)15/h1-2,4-5,7-8,10,14H,3,6,9H2. The zero-order valence-electron chi connectivity index (χ0n) is 10.0. The number of benzene rings is 2. The van der Waals surface area contributed by atoms with Crippen molar-refractivity contribution in [3.8, 4) is 0 Å². The molecule has 18 heavy (non-hydrogen) atoms. The Morgan fingerprint density at radius 1 is 1.11 bits per heavy atom. The maximum Gasteiger partial charge on any atom is 0.201 e. The summed E-state index contributed by atoms with van der Waals surface area (Å²) in [5, 5.41) is 6.75. The van der Waals surface area contributed by atoms with Crippen molar-refractivity contribution in [3.05, 3.63) is 48.0 Å². The van der Waals surface area contributed by atoms with Gasteiger partial charge in [0, 0.05) is 18.5 Å². The van der Waals surface area contributed by atoms with E-state index in [1.165, 1.54) is 17.2 Å². The van der Waals surface area contributed by atoms with E-state index in [1.54, 1.807) is 0 Å². The zero-order valence-corrected chi connectivity index (χ0v) is 10.0. The van der Waals surface area contributed by atoms with Crippen LogP contribution in [0.3, 0.4) is 0 Å². The topological polar surface area (TPSA) is 24.8 Å². The molecule has 4 rings (SSSR count). The molecule has 0 N–H and O–H groups in total. The van der Waals surface area contributed by atoms with Crippen LogP contribution in [-0.2, 0) is 4.84 Å². The van der Waals surface area contributed by atoms with Gasteiger partial charge in [0.15, 0.2) is 5.84 Å². The maximum absolute atomic E-state index is 5.47. The first-order valence-corrected chi connectivity index (χ1v) is 6.41. The van der Waals surface area contributed by atoms with Gasteiger partial charge < -0.3 is 9.74 Å². The van der Waals surface area contributed by atoms with Gasteiger partial charge in [0.25, 0.3) is 0 Å². The first kappa shape index (κ1) is 9.95. The second kappa shape index (κ2) is 3.73. The predicted octanol–water partition coefficient (Wildman–Crippen LogP) is 2.95. The SMILES string of the molecule is c1ccc2cc(C3=NOC4CCCN34)ccc2c1. The number of hydrogen-bond donors (Lipinski definition) is 0. The highest BCUT2D eigenvalue weighted by Crippen LogP contribution is 2.28. The van der Waals surface area contributed by atoms with Gasteiger partial charge in [0.2, 0.25) is 6.23 Å². The Kier molecular flexibility index (Phi) is 2.06. The molecule has 2 aromatic rings. The van der Waals surface area contributed by atoms with Gasteiger partial charge in [-0.1, -0.05) is 41.6 Å². The van der Waals surface area contributed by atoms with Crippen LogP contribution in [0, 0.1) is 0 Å². The molecule has 0 radical (unpaired) electrons. The molecule has 1 fully saturated rings. The average molecular weight is 238 g/mol. The first-order valence-electron chi connectivity index (χ1n) is 6.41. The summed E-state index contributed by atoms with van der Waals surface area (Å²) in [7, 11) is 0. The van der Waals surface area contributed by atoms with Crippen molar-refractivity contribution < 1.29 is 4.84 Å². The summed E-state index contributed by atoms with van der Waals surface area (Å²) in [4.78, 5) is 7.74. The normalized spacial score (nSPS) is 21.9. The van der Waals surface area contributed by atoms with E-state index in [-0.39, 0.29) is 6.23 Å². The summed E-state index contributed by atoms with van der Waals surface area (Å²) in [5.74, 6) is 0.989. The molecule has 0 aliphatic carbocycles. The largest absolute Gasteiger partial charge is 0.368 e. The van der Waals surface area contributed by atoms with Crippen LogP contribution in [-0.4, -0.2) is 23.5 Å². The van der Waals surface area contributed by atoms with Crippen molar-refractivity contribution in [2.45, 2.75) is 19.1 Å². The van der Waals surface area contributed by atoms with E-state index in [0.29, 0.717) is 0 Å². The molecular formula is C15H14N2O. The van der Waals surface area contributed by atoms with Gasteiger partial charge in [-0.15, -0.1) is 0 Å². The van der Waals surface area contributed by atoms with Crippen LogP contribution in [0.25, 0.3) is 10.8 Å². The molecule has 2 heterocycles. The highest BCUT2D eigenvalue weighted by molar-refractivity contribution is 6.02. The maximum atomic E-state index is 5.47. The molecule has 3 nitrogen and oxygen atoms in total. The van der Waals surface area contributed by atoms with E-state index in [2.05, 4.69) is 52.5 Å². The minimum absolute atomic E-state index is 0.173. The fourth-order valence-corrected chi connectivity index (χ4v) is 2.80. The number of oxime groups is 1. The van der Waals surface area contributed by atoms with Gasteiger partial charge >= 0.3 is 0 Å². The van der Waals surface area contributed by atoms with Gasteiger partial charge in [0.05, 0.1) is 0 Å². The van der Waals surface area contributed by atoms with Crippen LogP contribution in [0.2, 0.25) is 0 Å². The Hall–Kier alpha value is -2.03. The van der Waals surface area contributed by atoms with Crippen molar-refractivity contribution in [2.75, 3.05) is 6.54 Å². The summed E-state index contributed by atoms with van der Waals surface area (Å²) in [6, 6.07) is 14.9. The lowest BCUT2D eigenvalue weighted by Gasteiger charge is -2.16. The third-order valence-corrected chi connectivity index (χ3v) is 3.74. The molecule has 2 aromatic carbocycles. The second-order valence-corrected chi connectivity index (χ2v) is 4.87. The molecule has 0 amide bonds. The number of hydrogen-bond acceptors (Lipinski definition) is 3. The highest BCUT2D eigenvalue weighted by Gasteiger charge is 2.34. The summed E-state index contributed by atoms with van der Waals surface area (Å²) in [5.41, 5.74) is 1.15. The van der Waals surface area contributed by atoms with Crippen molar-refractivity contribution in [2.24, 2.45) is 5.16 Å². The fraction of sp³-hybridized carbons (Fsp3) is 0.267. The van der Waals surface area contributed by atoms with Crippen LogP contribution in [0.4, 0.5) is 0 Å². The quantitative estimate of drug-likeness (QED) is 0.763. The van der Waals surface area contributed by atoms with Crippen LogP contribution < -0.4 is 0 Å². The third kappa shape index (κ3) is 1.40. The van der Waals surface area contributed by atoms with E-state index in [1.807, 2.05) is 0 Å². The van der Waals surface area contributed by atoms with Crippen LogP contribution in [0.1, 0.15) is 18.4 Å². The van der Waals surface area contributed by atoms with Crippen molar-refractivity contribution in [1.29, 1.82) is 0 Å². The monoisotopic (exact) mass is 238 g/mol. The lowest BCUT2D eigenvalue weighted by molar-refractivity contribution is 0.0329. The summed E-state index contributed by atoms with van der Waals surface area (Å²) < 4.78 is 0. The van der Waals surface area contributed by atoms with E-state index >= 15 is 0 Å². The van der Waals surface area contributed by atoms with Gasteiger partial charge in [-0.05, 0) is 23.3 Å². The molecule has 3 heteroatoms. The Morgan fingerprint density at radius 3 is 2.94 bits per heavy atom. The van der Waals surface area contributed by atoms with Gasteiger partial charge in [-0.3, -0.25) is 0 Å². The molecule has 0 bridgehead atoms. The average Bonchev–Trinajstić information content (AvgIpc) is 3.00. The molecule has 0 spiro atoms. The molecule has 1 atom stereocenters. The molecule has 2 aliphatic heterocycles. The lowest BCUT2D eigenvalue weighted by Crippen LogP contribution is -2.30. The molecule has 0 aromatic heterocycles. The molecule has 1 unspecified atom stereocenters. The number of rotatable bonds is 1. The Morgan fingerprint density at radius 2 is 2.00 bits per heavy atom. The number of nitrogens with zero attached hydrogens (tertiary/aromatic N) is 2. The van der Waals surface area contributed by atoms with E-state index in [4.69, 9.17) is 4.84 Å². The molecule has 2 aliphatic rings. The third-order valence-electron chi connectivity index (χ3n) is 3.74. The first-order chi connectivity index (χ1) is 8.92. The molecular weight excluding hydrogens is 224 g/mol. The van der Waals surface area contributed by atoms with Crippen LogP contribution in [0.15, 0.2) is 47.6 Å².